The minimum atomic E-state index is -0.394. The lowest BCUT2D eigenvalue weighted by Gasteiger charge is -2.10. The van der Waals surface area contributed by atoms with Crippen LogP contribution in [0.15, 0.2) is 24.3 Å². The van der Waals surface area contributed by atoms with Crippen LogP contribution in [0.1, 0.15) is 47.2 Å². The number of amides is 1. The molecule has 0 spiro atoms. The zero-order valence-corrected chi connectivity index (χ0v) is 15.7. The van der Waals surface area contributed by atoms with E-state index < -0.39 is 5.91 Å². The third-order valence-corrected chi connectivity index (χ3v) is 5.20. The van der Waals surface area contributed by atoms with Crippen LogP contribution in [0.3, 0.4) is 0 Å². The van der Waals surface area contributed by atoms with Gasteiger partial charge < -0.3 is 20.8 Å². The van der Waals surface area contributed by atoms with Gasteiger partial charge in [0.1, 0.15) is 11.5 Å². The maximum Gasteiger partial charge on any atom is 0.293 e. The molecule has 1 aliphatic carbocycles. The van der Waals surface area contributed by atoms with Gasteiger partial charge in [0.15, 0.2) is 0 Å². The number of benzene rings is 1. The van der Waals surface area contributed by atoms with Crippen molar-refractivity contribution in [3.63, 3.8) is 0 Å². The number of carbonyl (C=O) groups excluding carboxylic acids is 1. The van der Waals surface area contributed by atoms with Crippen LogP contribution in [-0.4, -0.2) is 28.0 Å². The number of aromatic amines is 1. The van der Waals surface area contributed by atoms with E-state index in [4.69, 9.17) is 10.5 Å². The number of nitrogens with one attached hydrogen (secondary N) is 2. The Bertz CT molecular complexity index is 1020. The van der Waals surface area contributed by atoms with Crippen molar-refractivity contribution in [2.45, 2.75) is 38.7 Å². The Labute approximate surface area is 157 Å². The number of fused-ring (bicyclic) bond motifs is 1. The largest absolute Gasteiger partial charge is 0.383 e. The number of methoxy groups -OCH3 is 1. The van der Waals surface area contributed by atoms with E-state index in [1.165, 1.54) is 5.56 Å². The van der Waals surface area contributed by atoms with Gasteiger partial charge in [-0.2, -0.15) is 0 Å². The van der Waals surface area contributed by atoms with E-state index in [9.17, 15) is 4.79 Å². The average Bonchev–Trinajstić information content (AvgIpc) is 3.27. The third kappa shape index (κ3) is 3.14. The molecule has 1 aromatic carbocycles. The number of H-pyrrole nitrogens is 1. The summed E-state index contributed by atoms with van der Waals surface area (Å²) >= 11 is 0. The van der Waals surface area contributed by atoms with Crippen LogP contribution < -0.4 is 11.1 Å². The maximum absolute atomic E-state index is 12.6. The molecule has 0 saturated heterocycles. The quantitative estimate of drug-likeness (QED) is 0.643. The minimum Gasteiger partial charge on any atom is -0.383 e. The van der Waals surface area contributed by atoms with E-state index in [1.54, 1.807) is 7.11 Å². The van der Waals surface area contributed by atoms with E-state index in [0.29, 0.717) is 23.8 Å². The van der Waals surface area contributed by atoms with Crippen molar-refractivity contribution in [1.29, 1.82) is 0 Å². The van der Waals surface area contributed by atoms with E-state index in [1.807, 2.05) is 31.2 Å². The molecule has 2 aromatic heterocycles. The molecule has 2 heterocycles. The van der Waals surface area contributed by atoms with Gasteiger partial charge in [-0.1, -0.05) is 19.1 Å². The van der Waals surface area contributed by atoms with Gasteiger partial charge in [-0.05, 0) is 48.4 Å². The van der Waals surface area contributed by atoms with E-state index in [2.05, 4.69) is 27.2 Å². The van der Waals surface area contributed by atoms with Gasteiger partial charge in [0, 0.05) is 18.5 Å². The lowest BCUT2D eigenvalue weighted by molar-refractivity contribution is 0.101. The normalized spacial score (nSPS) is 15.1. The molecular weight excluding hydrogens is 342 g/mol. The minimum absolute atomic E-state index is 0.0507. The number of hydrogen-bond donors (Lipinski definition) is 3. The van der Waals surface area contributed by atoms with Gasteiger partial charge in [-0.15, -0.1) is 0 Å². The second-order valence-corrected chi connectivity index (χ2v) is 7.43. The Balaban J connectivity index is 1.63. The molecule has 0 radical (unpaired) electrons. The number of aryl methyl sites for hydroxylation is 1. The highest BCUT2D eigenvalue weighted by molar-refractivity contribution is 6.04. The van der Waals surface area contributed by atoms with Crippen LogP contribution in [0.2, 0.25) is 0 Å². The molecule has 7 heteroatoms. The Morgan fingerprint density at radius 1 is 1.30 bits per heavy atom. The molecule has 1 fully saturated rings. The molecule has 1 saturated carbocycles. The highest BCUT2D eigenvalue weighted by Crippen LogP contribution is 2.51. The molecule has 0 bridgehead atoms. The fraction of sp³-hybridized carbons (Fsp3) is 0.350. The molecule has 0 unspecified atom stereocenters. The van der Waals surface area contributed by atoms with Crippen LogP contribution in [0.4, 0.5) is 11.5 Å². The monoisotopic (exact) mass is 365 g/mol. The summed E-state index contributed by atoms with van der Waals surface area (Å²) in [6, 6.07) is 7.43. The summed E-state index contributed by atoms with van der Waals surface area (Å²) in [5.74, 6) is -0.00249. The zero-order chi connectivity index (χ0) is 19.2. The van der Waals surface area contributed by atoms with Crippen molar-refractivity contribution in [2.24, 2.45) is 0 Å². The molecule has 4 rings (SSSR count). The maximum atomic E-state index is 12.6. The summed E-state index contributed by atoms with van der Waals surface area (Å²) in [6.07, 6.45) is 2.25. The van der Waals surface area contributed by atoms with Crippen LogP contribution in [0.5, 0.6) is 0 Å². The molecule has 3 aromatic rings. The smallest absolute Gasteiger partial charge is 0.293 e. The number of nitrogens with two attached hydrogens (primary N) is 1. The predicted molar refractivity (Wildman–Crippen MR) is 105 cm³/mol. The van der Waals surface area contributed by atoms with E-state index in [-0.39, 0.29) is 11.2 Å². The standard InChI is InChI=1S/C20H23N5O2/c1-11-15(20(2)8-9-20)14-16(21)24-18(25-17(14)22-11)19(26)23-13-6-4-12(5-7-13)10-27-3/h4-7H,8-10H2,1-3H3,(H,23,26)(H3,21,22,24,25). The lowest BCUT2D eigenvalue weighted by atomic mass is 9.96. The second-order valence-electron chi connectivity index (χ2n) is 7.43. The molecule has 1 aliphatic rings. The van der Waals surface area contributed by atoms with Crippen LogP contribution in [0, 0.1) is 6.92 Å². The van der Waals surface area contributed by atoms with Gasteiger partial charge in [0.2, 0.25) is 5.82 Å². The lowest BCUT2D eigenvalue weighted by Crippen LogP contribution is -2.17. The van der Waals surface area contributed by atoms with Gasteiger partial charge in [0.25, 0.3) is 5.91 Å². The number of anilines is 2. The molecule has 7 nitrogen and oxygen atoms in total. The first kappa shape index (κ1) is 17.5. The fourth-order valence-corrected chi connectivity index (χ4v) is 3.57. The average molecular weight is 365 g/mol. The Kier molecular flexibility index (Phi) is 4.11. The zero-order valence-electron chi connectivity index (χ0n) is 15.7. The molecular formula is C20H23N5O2. The highest BCUT2D eigenvalue weighted by Gasteiger charge is 2.43. The Morgan fingerprint density at radius 3 is 2.63 bits per heavy atom. The molecule has 0 atom stereocenters. The Morgan fingerprint density at radius 2 is 2.00 bits per heavy atom. The molecule has 27 heavy (non-hydrogen) atoms. The van der Waals surface area contributed by atoms with Crippen LogP contribution >= 0.6 is 0 Å². The van der Waals surface area contributed by atoms with E-state index in [0.717, 1.165) is 29.5 Å². The first-order chi connectivity index (χ1) is 12.9. The number of nitrogens with zero attached hydrogens (tertiary/aromatic N) is 2. The summed E-state index contributed by atoms with van der Waals surface area (Å²) in [7, 11) is 1.64. The number of ether oxygens (including phenoxy) is 1. The van der Waals surface area contributed by atoms with Gasteiger partial charge in [-0.25, -0.2) is 9.97 Å². The van der Waals surface area contributed by atoms with Crippen molar-refractivity contribution >= 4 is 28.4 Å². The highest BCUT2D eigenvalue weighted by atomic mass is 16.5. The second kappa shape index (κ2) is 6.35. The number of rotatable bonds is 5. The topological polar surface area (TPSA) is 106 Å². The van der Waals surface area contributed by atoms with Gasteiger partial charge >= 0.3 is 0 Å². The number of carbonyl (C=O) groups is 1. The number of nitrogen functional groups attached to an aromatic ring is 1. The van der Waals surface area contributed by atoms with Crippen molar-refractivity contribution in [3.05, 3.63) is 46.9 Å². The van der Waals surface area contributed by atoms with Crippen molar-refractivity contribution in [1.82, 2.24) is 15.0 Å². The van der Waals surface area contributed by atoms with Crippen molar-refractivity contribution < 1.29 is 9.53 Å². The molecule has 140 valence electrons. The third-order valence-electron chi connectivity index (χ3n) is 5.20. The SMILES string of the molecule is COCc1ccc(NC(=O)c2nc(N)c3c(C4(C)CC4)c(C)[nH]c3n2)cc1. The summed E-state index contributed by atoms with van der Waals surface area (Å²) in [5.41, 5.74) is 10.9. The number of aromatic nitrogens is 3. The van der Waals surface area contributed by atoms with Crippen molar-refractivity contribution in [3.8, 4) is 0 Å². The Hall–Kier alpha value is -2.93. The van der Waals surface area contributed by atoms with Crippen LogP contribution in [-0.2, 0) is 16.8 Å². The fourth-order valence-electron chi connectivity index (χ4n) is 3.57. The molecule has 4 N–H and O–H groups in total. The summed E-state index contributed by atoms with van der Waals surface area (Å²) in [6.45, 7) is 4.76. The van der Waals surface area contributed by atoms with Gasteiger partial charge in [0.05, 0.1) is 12.0 Å². The van der Waals surface area contributed by atoms with Crippen molar-refractivity contribution in [2.75, 3.05) is 18.2 Å². The first-order valence-electron chi connectivity index (χ1n) is 8.97. The summed E-state index contributed by atoms with van der Waals surface area (Å²) < 4.78 is 5.09. The van der Waals surface area contributed by atoms with E-state index >= 15 is 0 Å². The molecule has 0 aliphatic heterocycles. The summed E-state index contributed by atoms with van der Waals surface area (Å²) in [5, 5.41) is 3.65. The first-order valence-corrected chi connectivity index (χ1v) is 8.97. The number of hydrogen-bond acceptors (Lipinski definition) is 5. The predicted octanol–water partition coefficient (Wildman–Crippen LogP) is 3.30. The molecule has 1 amide bonds. The summed E-state index contributed by atoms with van der Waals surface area (Å²) in [4.78, 5) is 24.6. The van der Waals surface area contributed by atoms with Crippen LogP contribution in [0.25, 0.3) is 11.0 Å². The van der Waals surface area contributed by atoms with Gasteiger partial charge in [-0.3, -0.25) is 4.79 Å².